The van der Waals surface area contributed by atoms with E-state index in [0.717, 1.165) is 11.8 Å². The lowest BCUT2D eigenvalue weighted by Crippen LogP contribution is -2.31. The molecular weight excluding hydrogens is 496 g/mol. The van der Waals surface area contributed by atoms with Crippen molar-refractivity contribution in [2.24, 2.45) is 11.8 Å². The van der Waals surface area contributed by atoms with E-state index in [1.807, 2.05) is 22.9 Å². The summed E-state index contributed by atoms with van der Waals surface area (Å²) in [5.41, 5.74) is 6.44. The van der Waals surface area contributed by atoms with E-state index in [4.69, 9.17) is 0 Å². The van der Waals surface area contributed by atoms with Crippen molar-refractivity contribution in [1.82, 2.24) is 10.4 Å². The molecule has 3 nitrogen and oxygen atoms in total. The zero-order valence-electron chi connectivity index (χ0n) is 24.5. The van der Waals surface area contributed by atoms with Crippen molar-refractivity contribution < 1.29 is 4.52 Å². The summed E-state index contributed by atoms with van der Waals surface area (Å²) >= 11 is 1.71. The number of hydrogen-bond acceptors (Lipinski definition) is 4. The second-order valence-corrected chi connectivity index (χ2v) is 11.6. The van der Waals surface area contributed by atoms with Crippen molar-refractivity contribution >= 4 is 11.3 Å². The van der Waals surface area contributed by atoms with Gasteiger partial charge in [-0.3, -0.25) is 0 Å². The predicted octanol–water partition coefficient (Wildman–Crippen LogP) is 11.0. The van der Waals surface area contributed by atoms with E-state index in [1.165, 1.54) is 87.8 Å². The van der Waals surface area contributed by atoms with Crippen molar-refractivity contribution in [3.05, 3.63) is 95.0 Å². The van der Waals surface area contributed by atoms with Gasteiger partial charge in [-0.15, -0.1) is 5.10 Å². The first-order chi connectivity index (χ1) is 19.2. The number of thiophene rings is 1. The highest BCUT2D eigenvalue weighted by Gasteiger charge is 2.44. The lowest BCUT2D eigenvalue weighted by Gasteiger charge is -2.38. The summed E-state index contributed by atoms with van der Waals surface area (Å²) in [4.78, 5) is 0. The fraction of sp³-hybridized carbons (Fsp3) is 0.486. The third-order valence-electron chi connectivity index (χ3n) is 8.24. The maximum atomic E-state index is 4.22. The molecule has 2 heterocycles. The van der Waals surface area contributed by atoms with Crippen LogP contribution in [0.4, 0.5) is 0 Å². The van der Waals surface area contributed by atoms with Gasteiger partial charge in [0, 0.05) is 10.7 Å². The van der Waals surface area contributed by atoms with Gasteiger partial charge < -0.3 is 4.52 Å². The normalized spacial score (nSPS) is 14.2. The summed E-state index contributed by atoms with van der Waals surface area (Å²) in [7, 11) is 0. The quantitative estimate of drug-likeness (QED) is 0.178. The molecule has 0 fully saturated rings. The molecule has 1 aliphatic rings. The fourth-order valence-electron chi connectivity index (χ4n) is 6.17. The van der Waals surface area contributed by atoms with Crippen LogP contribution in [0.25, 0.3) is 11.1 Å². The van der Waals surface area contributed by atoms with Crippen molar-refractivity contribution in [2.45, 2.75) is 97.3 Å². The van der Waals surface area contributed by atoms with Crippen LogP contribution < -0.4 is 0 Å². The third kappa shape index (κ3) is 8.63. The average molecular weight is 545 g/mol. The van der Waals surface area contributed by atoms with Gasteiger partial charge in [0.25, 0.3) is 0 Å². The third-order valence-corrected chi connectivity index (χ3v) is 8.87. The number of benzene rings is 2. The smallest absolute Gasteiger partial charge is 0.144 e. The Bertz CT molecular complexity index is 1010. The largest absolute Gasteiger partial charge is 0.346 e. The van der Waals surface area contributed by atoms with Gasteiger partial charge in [-0.25, -0.2) is 0 Å². The lowest BCUT2D eigenvalue weighted by molar-refractivity contribution is 0.266. The molecular formula is C35H48N2OS. The highest BCUT2D eigenvalue weighted by molar-refractivity contribution is 7.07. The molecule has 0 N–H and O–H groups in total. The first-order valence-electron chi connectivity index (χ1n) is 15.1. The molecule has 5 rings (SSSR count). The molecule has 1 aliphatic carbocycles. The maximum Gasteiger partial charge on any atom is 0.144 e. The molecule has 0 saturated heterocycles. The topological polar surface area (TPSA) is 38.9 Å². The SMILES string of the molecule is CCCCC(CC)CC1(CC(CC)CCCC)c2ccccc2-c2ccccc21.c1ccsc1.c1conn1. The molecule has 2 unspecified atom stereocenters. The van der Waals surface area contributed by atoms with E-state index in [0.29, 0.717) is 0 Å². The zero-order valence-corrected chi connectivity index (χ0v) is 25.3. The van der Waals surface area contributed by atoms with Crippen molar-refractivity contribution in [1.29, 1.82) is 0 Å². The predicted molar refractivity (Wildman–Crippen MR) is 167 cm³/mol. The minimum atomic E-state index is 0.204. The molecule has 2 atom stereocenters. The van der Waals surface area contributed by atoms with Crippen LogP contribution in [0.2, 0.25) is 0 Å². The van der Waals surface area contributed by atoms with Crippen LogP contribution in [0, 0.1) is 11.8 Å². The van der Waals surface area contributed by atoms with E-state index in [2.05, 4.69) is 91.1 Å². The molecule has 0 saturated carbocycles. The van der Waals surface area contributed by atoms with E-state index in [9.17, 15) is 0 Å². The van der Waals surface area contributed by atoms with E-state index in [1.54, 1.807) is 22.5 Å². The van der Waals surface area contributed by atoms with E-state index >= 15 is 0 Å². The monoisotopic (exact) mass is 544 g/mol. The van der Waals surface area contributed by atoms with Gasteiger partial charge in [-0.1, -0.05) is 140 Å². The summed E-state index contributed by atoms with van der Waals surface area (Å²) in [5.74, 6) is 1.63. The van der Waals surface area contributed by atoms with Gasteiger partial charge in [0.15, 0.2) is 0 Å². The summed E-state index contributed by atoms with van der Waals surface area (Å²) < 4.78 is 4.22. The lowest BCUT2D eigenvalue weighted by atomic mass is 9.65. The van der Waals surface area contributed by atoms with Crippen LogP contribution in [-0.4, -0.2) is 10.4 Å². The second kappa shape index (κ2) is 17.1. The molecule has 0 radical (unpaired) electrons. The van der Waals surface area contributed by atoms with Crippen LogP contribution in [0.1, 0.15) is 103 Å². The molecule has 2 aromatic carbocycles. The van der Waals surface area contributed by atoms with Crippen LogP contribution in [0.3, 0.4) is 0 Å². The van der Waals surface area contributed by atoms with Crippen molar-refractivity contribution in [3.8, 4) is 11.1 Å². The molecule has 4 aromatic rings. The van der Waals surface area contributed by atoms with Crippen LogP contribution in [0.5, 0.6) is 0 Å². The Morgan fingerprint density at radius 3 is 1.56 bits per heavy atom. The van der Waals surface area contributed by atoms with Crippen LogP contribution >= 0.6 is 11.3 Å². The Kier molecular flexibility index (Phi) is 13.5. The second-order valence-electron chi connectivity index (χ2n) is 10.8. The Morgan fingerprint density at radius 1 is 0.718 bits per heavy atom. The van der Waals surface area contributed by atoms with E-state index in [-0.39, 0.29) is 5.41 Å². The van der Waals surface area contributed by atoms with Crippen molar-refractivity contribution in [2.75, 3.05) is 0 Å². The number of nitrogens with zero attached hydrogens (tertiary/aromatic N) is 2. The Morgan fingerprint density at radius 2 is 1.23 bits per heavy atom. The molecule has 210 valence electrons. The molecule has 39 heavy (non-hydrogen) atoms. The number of hydrogen-bond donors (Lipinski definition) is 0. The van der Waals surface area contributed by atoms with Crippen molar-refractivity contribution in [3.63, 3.8) is 0 Å². The summed E-state index contributed by atoms with van der Waals surface area (Å²) in [6, 6.07) is 22.7. The number of rotatable bonds is 12. The fourth-order valence-corrected chi connectivity index (χ4v) is 6.63. The van der Waals surface area contributed by atoms with Gasteiger partial charge in [0.05, 0.1) is 6.20 Å². The molecule has 0 aliphatic heterocycles. The summed E-state index contributed by atoms with van der Waals surface area (Å²) in [5, 5.41) is 10.5. The highest BCUT2D eigenvalue weighted by Crippen LogP contribution is 2.56. The number of fused-ring (bicyclic) bond motifs is 3. The van der Waals surface area contributed by atoms with Crippen LogP contribution in [-0.2, 0) is 5.41 Å². The summed E-state index contributed by atoms with van der Waals surface area (Å²) in [6.07, 6.45) is 16.2. The van der Waals surface area contributed by atoms with E-state index < -0.39 is 0 Å². The van der Waals surface area contributed by atoms with Crippen LogP contribution in [0.15, 0.2) is 88.4 Å². The molecule has 0 amide bonds. The Hall–Kier alpha value is -2.72. The average Bonchev–Trinajstić information content (AvgIpc) is 3.79. The molecule has 4 heteroatoms. The molecule has 0 bridgehead atoms. The number of aromatic nitrogens is 2. The first-order valence-corrected chi connectivity index (χ1v) is 16.0. The van der Waals surface area contributed by atoms with Gasteiger partial charge in [0.1, 0.15) is 6.26 Å². The summed E-state index contributed by atoms with van der Waals surface area (Å²) in [6.45, 7) is 9.49. The minimum Gasteiger partial charge on any atom is -0.346 e. The molecule has 0 spiro atoms. The molecule has 2 aromatic heterocycles. The highest BCUT2D eigenvalue weighted by atomic mass is 32.1. The Balaban J connectivity index is 0.000000348. The van der Waals surface area contributed by atoms with Gasteiger partial charge in [-0.2, -0.15) is 11.3 Å². The number of unbranched alkanes of at least 4 members (excludes halogenated alkanes) is 2. The Labute approximate surface area is 241 Å². The zero-order chi connectivity index (χ0) is 27.8. The minimum absolute atomic E-state index is 0.204. The van der Waals surface area contributed by atoms with Gasteiger partial charge >= 0.3 is 0 Å². The standard InChI is InChI=1S/C29H42.C4H4S.C2H2N2O/c1-5-9-15-23(7-3)21-29(22-24(8-4)16-10-6-2)27-19-13-11-17-25(27)26-18-12-14-20-28(26)29;1-2-4-5-3-1;1-2-5-4-3-1/h11-14,17-20,23-24H,5-10,15-16,21-22H2,1-4H3;1-4H;1-2H. The maximum absolute atomic E-state index is 4.22. The van der Waals surface area contributed by atoms with Gasteiger partial charge in [0.2, 0.25) is 0 Å². The first kappa shape index (κ1) is 30.8. The van der Waals surface area contributed by atoms with Gasteiger partial charge in [-0.05, 0) is 57.7 Å².